The molecule has 0 aliphatic heterocycles. The van der Waals surface area contributed by atoms with E-state index in [1.165, 1.54) is 0 Å². The summed E-state index contributed by atoms with van der Waals surface area (Å²) in [6.45, 7) is 9.27. The number of aliphatic hydroxyl groups excluding tert-OH is 2. The zero-order chi connectivity index (χ0) is 29.4. The van der Waals surface area contributed by atoms with Crippen LogP contribution in [-0.4, -0.2) is 74.4 Å². The molecule has 0 bridgehead atoms. The highest BCUT2D eigenvalue weighted by Gasteiger charge is 2.23. The molecule has 9 nitrogen and oxygen atoms in total. The van der Waals surface area contributed by atoms with E-state index in [-0.39, 0.29) is 56.8 Å². The molecule has 0 heterocycles. The van der Waals surface area contributed by atoms with Crippen LogP contribution < -0.4 is 14.8 Å². The molecule has 0 radical (unpaired) electrons. The van der Waals surface area contributed by atoms with E-state index < -0.39 is 6.04 Å². The summed E-state index contributed by atoms with van der Waals surface area (Å²) in [5.41, 5.74) is 1.99. The summed E-state index contributed by atoms with van der Waals surface area (Å²) in [5, 5.41) is 20.9. The Morgan fingerprint density at radius 3 is 1.62 bits per heavy atom. The van der Waals surface area contributed by atoms with Crippen LogP contribution in [0.4, 0.5) is 0 Å². The van der Waals surface area contributed by atoms with Crippen LogP contribution in [0.2, 0.25) is 0 Å². The Hall–Kier alpha value is -3.14. The number of rotatable bonds is 19. The Bertz CT molecular complexity index is 1000. The van der Waals surface area contributed by atoms with E-state index >= 15 is 0 Å². The van der Waals surface area contributed by atoms with Gasteiger partial charge in [0.15, 0.2) is 0 Å². The summed E-state index contributed by atoms with van der Waals surface area (Å²) in [4.78, 5) is 23.5. The summed E-state index contributed by atoms with van der Waals surface area (Å²) in [6.07, 6.45) is 1.40. The number of hydrogen-bond donors (Lipinski definition) is 3. The van der Waals surface area contributed by atoms with Gasteiger partial charge in [-0.05, 0) is 47.7 Å². The van der Waals surface area contributed by atoms with Gasteiger partial charge in [0, 0.05) is 18.4 Å². The van der Waals surface area contributed by atoms with Crippen molar-refractivity contribution in [2.24, 2.45) is 5.92 Å². The maximum Gasteiger partial charge on any atom is 0.307 e. The molecule has 222 valence electrons. The number of hydrogen-bond acceptors (Lipinski definition) is 9. The van der Waals surface area contributed by atoms with Gasteiger partial charge in [0.2, 0.25) is 0 Å². The predicted molar refractivity (Wildman–Crippen MR) is 153 cm³/mol. The van der Waals surface area contributed by atoms with E-state index in [2.05, 4.69) is 33.0 Å². The number of carbonyl (C=O) groups excluding carboxylic acids is 2. The van der Waals surface area contributed by atoms with E-state index in [1.807, 2.05) is 48.5 Å². The fourth-order valence-electron chi connectivity index (χ4n) is 3.85. The molecule has 40 heavy (non-hydrogen) atoms. The normalized spacial score (nSPS) is 11.5. The molecule has 0 unspecified atom stereocenters. The van der Waals surface area contributed by atoms with E-state index in [0.29, 0.717) is 31.2 Å². The van der Waals surface area contributed by atoms with Crippen LogP contribution in [0.1, 0.15) is 58.1 Å². The smallest absolute Gasteiger partial charge is 0.307 e. The van der Waals surface area contributed by atoms with Crippen molar-refractivity contribution in [1.29, 1.82) is 0 Å². The van der Waals surface area contributed by atoms with Gasteiger partial charge < -0.3 is 34.5 Å². The largest absolute Gasteiger partial charge is 0.490 e. The second-order valence-electron chi connectivity index (χ2n) is 10.5. The third-order valence-corrected chi connectivity index (χ3v) is 6.51. The van der Waals surface area contributed by atoms with Gasteiger partial charge in [0.1, 0.15) is 37.9 Å². The summed E-state index contributed by atoms with van der Waals surface area (Å²) >= 11 is 0. The van der Waals surface area contributed by atoms with Crippen molar-refractivity contribution in [3.05, 3.63) is 59.7 Å². The van der Waals surface area contributed by atoms with Crippen LogP contribution in [0, 0.1) is 5.92 Å². The fourth-order valence-corrected chi connectivity index (χ4v) is 3.85. The summed E-state index contributed by atoms with van der Waals surface area (Å²) in [7, 11) is 0. The van der Waals surface area contributed by atoms with Crippen LogP contribution in [0.25, 0.3) is 0 Å². The predicted octanol–water partition coefficient (Wildman–Crippen LogP) is 3.63. The van der Waals surface area contributed by atoms with Gasteiger partial charge >= 0.3 is 11.9 Å². The van der Waals surface area contributed by atoms with E-state index in [9.17, 15) is 9.59 Å². The van der Waals surface area contributed by atoms with Gasteiger partial charge in [0.25, 0.3) is 0 Å². The van der Waals surface area contributed by atoms with Gasteiger partial charge in [-0.15, -0.1) is 0 Å². The van der Waals surface area contributed by atoms with Crippen LogP contribution in [0.15, 0.2) is 48.5 Å². The summed E-state index contributed by atoms with van der Waals surface area (Å²) in [5.74, 6) is 1.31. The number of aliphatic hydroxyl groups is 2. The van der Waals surface area contributed by atoms with Crippen LogP contribution in [0.3, 0.4) is 0 Å². The molecule has 0 fully saturated rings. The van der Waals surface area contributed by atoms with Crippen molar-refractivity contribution in [2.75, 3.05) is 46.2 Å². The van der Waals surface area contributed by atoms with Crippen LogP contribution in [0.5, 0.6) is 11.5 Å². The average molecular weight is 560 g/mol. The topological polar surface area (TPSA) is 124 Å². The first-order valence-corrected chi connectivity index (χ1v) is 13.9. The minimum atomic E-state index is -0.439. The van der Waals surface area contributed by atoms with Crippen molar-refractivity contribution in [2.45, 2.75) is 58.4 Å². The van der Waals surface area contributed by atoms with E-state index in [4.69, 9.17) is 29.2 Å². The molecule has 0 spiro atoms. The Kier molecular flexibility index (Phi) is 14.5. The van der Waals surface area contributed by atoms with E-state index in [1.54, 1.807) is 0 Å². The molecule has 0 saturated heterocycles. The Balaban J connectivity index is 1.73. The Morgan fingerprint density at radius 1 is 0.750 bits per heavy atom. The van der Waals surface area contributed by atoms with E-state index in [0.717, 1.165) is 23.3 Å². The highest BCUT2D eigenvalue weighted by molar-refractivity contribution is 5.69. The highest BCUT2D eigenvalue weighted by Crippen LogP contribution is 2.33. The lowest BCUT2D eigenvalue weighted by atomic mass is 9.78. The van der Waals surface area contributed by atoms with Gasteiger partial charge in [0.05, 0.1) is 25.7 Å². The molecule has 2 rings (SSSR count). The Morgan fingerprint density at radius 2 is 1.20 bits per heavy atom. The summed E-state index contributed by atoms with van der Waals surface area (Å²) < 4.78 is 21.8. The molecule has 2 aromatic rings. The first-order chi connectivity index (χ1) is 19.1. The van der Waals surface area contributed by atoms with Crippen molar-refractivity contribution >= 4 is 11.9 Å². The molecular formula is C31H45NO8. The zero-order valence-corrected chi connectivity index (χ0v) is 24.2. The zero-order valence-electron chi connectivity index (χ0n) is 24.2. The standard InChI is InChI=1S/C31H45NO8/c1-23(2)5-14-29(35)39-19-17-37-27-10-6-24(7-11-27)31(3,4)25-8-12-28(13-9-25)38-18-20-40-30(36)15-16-32-26(21-33)22-34/h6-13,23,26,32-34H,5,14-22H2,1-4H3. The number of carbonyl (C=O) groups is 2. The monoisotopic (exact) mass is 559 g/mol. The van der Waals surface area contributed by atoms with Crippen molar-refractivity contribution in [3.63, 3.8) is 0 Å². The molecule has 0 atom stereocenters. The molecule has 3 N–H and O–H groups in total. The first-order valence-electron chi connectivity index (χ1n) is 13.9. The lowest BCUT2D eigenvalue weighted by Gasteiger charge is -2.26. The first kappa shape index (κ1) is 33.1. The van der Waals surface area contributed by atoms with Crippen molar-refractivity contribution in [1.82, 2.24) is 5.32 Å². The van der Waals surface area contributed by atoms with Gasteiger partial charge in [-0.1, -0.05) is 52.0 Å². The highest BCUT2D eigenvalue weighted by atomic mass is 16.6. The number of ether oxygens (including phenoxy) is 4. The maximum atomic E-state index is 11.8. The Labute approximate surface area is 237 Å². The lowest BCUT2D eigenvalue weighted by molar-refractivity contribution is -0.145. The van der Waals surface area contributed by atoms with Gasteiger partial charge in [-0.3, -0.25) is 9.59 Å². The quantitative estimate of drug-likeness (QED) is 0.175. The minimum absolute atomic E-state index is 0.129. The molecule has 0 aliphatic carbocycles. The molecule has 9 heteroatoms. The second-order valence-corrected chi connectivity index (χ2v) is 10.5. The third-order valence-electron chi connectivity index (χ3n) is 6.51. The van der Waals surface area contributed by atoms with Crippen LogP contribution in [-0.2, 0) is 24.5 Å². The molecule has 0 amide bonds. The van der Waals surface area contributed by atoms with Crippen LogP contribution >= 0.6 is 0 Å². The third kappa shape index (κ3) is 11.9. The van der Waals surface area contributed by atoms with Crippen molar-refractivity contribution < 1.29 is 38.7 Å². The average Bonchev–Trinajstić information content (AvgIpc) is 2.95. The number of esters is 2. The van der Waals surface area contributed by atoms with Gasteiger partial charge in [-0.25, -0.2) is 0 Å². The second kappa shape index (κ2) is 17.5. The summed E-state index contributed by atoms with van der Waals surface area (Å²) in [6, 6.07) is 15.3. The SMILES string of the molecule is CC(C)CCC(=O)OCCOc1ccc(C(C)(C)c2ccc(OCCOC(=O)CCNC(CO)CO)cc2)cc1. The molecule has 2 aromatic carbocycles. The molecule has 0 aromatic heterocycles. The fraction of sp³-hybridized carbons (Fsp3) is 0.548. The number of nitrogens with one attached hydrogen (secondary N) is 1. The van der Waals surface area contributed by atoms with Gasteiger partial charge in [-0.2, -0.15) is 0 Å². The lowest BCUT2D eigenvalue weighted by Crippen LogP contribution is -2.37. The molecule has 0 aliphatic rings. The van der Waals surface area contributed by atoms with Crippen molar-refractivity contribution in [3.8, 4) is 11.5 Å². The maximum absolute atomic E-state index is 11.8. The molecular weight excluding hydrogens is 514 g/mol. The minimum Gasteiger partial charge on any atom is -0.490 e. The molecule has 0 saturated carbocycles. The number of benzene rings is 2.